The maximum Gasteiger partial charge on any atom is -0.00535 e. The highest BCUT2D eigenvalue weighted by Gasteiger charge is 3.42. The molecule has 15 rings (SSSR count). The molecule has 0 heterocycles. The van der Waals surface area contributed by atoms with Crippen molar-refractivity contribution in [2.45, 2.75) is 79.1 Å². The van der Waals surface area contributed by atoms with E-state index in [1.165, 1.54) is 77.9 Å². The Morgan fingerprint density at radius 3 is 2.11 bits per heavy atom. The van der Waals surface area contributed by atoms with E-state index in [0.29, 0.717) is 0 Å². The van der Waals surface area contributed by atoms with E-state index in [9.17, 15) is 0 Å². The zero-order valence-electron chi connectivity index (χ0n) is 22.2. The van der Waals surface area contributed by atoms with Gasteiger partial charge in [-0.25, -0.2) is 0 Å². The third-order valence-corrected chi connectivity index (χ3v) is 22.6. The van der Waals surface area contributed by atoms with E-state index < -0.39 is 0 Å². The maximum atomic E-state index is 3.00. The third kappa shape index (κ3) is 0.641. The third-order valence-electron chi connectivity index (χ3n) is 22.6. The fraction of sp³-hybridized carbons (Fsp3) is 1.00. The fourth-order valence-corrected chi connectivity index (χ4v) is 25.5. The van der Waals surface area contributed by atoms with Crippen LogP contribution in [0.2, 0.25) is 0 Å². The second-order valence-electron chi connectivity index (χ2n) is 19.1. The van der Waals surface area contributed by atoms with Crippen molar-refractivity contribution in [3.05, 3.63) is 0 Å². The Bertz CT molecular complexity index is 1390. The fourth-order valence-electron chi connectivity index (χ4n) is 25.5. The van der Waals surface area contributed by atoms with Crippen molar-refractivity contribution in [1.82, 2.24) is 0 Å². The Morgan fingerprint density at radius 1 is 0.657 bits per heavy atom. The van der Waals surface area contributed by atoms with Crippen LogP contribution in [-0.4, -0.2) is 0 Å². The van der Waals surface area contributed by atoms with Gasteiger partial charge in [0.1, 0.15) is 0 Å². The first-order valence-electron chi connectivity index (χ1n) is 17.0. The molecule has 0 bridgehead atoms. The Hall–Kier alpha value is 0. The molecule has 0 aromatic heterocycles. The predicted molar refractivity (Wildman–Crippen MR) is 130 cm³/mol. The van der Waals surface area contributed by atoms with Gasteiger partial charge in [-0.3, -0.25) is 0 Å². The van der Waals surface area contributed by atoms with Gasteiger partial charge in [0.25, 0.3) is 0 Å². The molecule has 23 atom stereocenters. The topological polar surface area (TPSA) is 0 Å². The summed E-state index contributed by atoms with van der Waals surface area (Å²) in [7, 11) is 0. The molecule has 15 aliphatic carbocycles. The van der Waals surface area contributed by atoms with Crippen molar-refractivity contribution in [2.24, 2.45) is 132 Å². The summed E-state index contributed by atoms with van der Waals surface area (Å²) in [6.45, 7) is 10.9. The lowest BCUT2D eigenvalue weighted by atomic mass is 8.60. The van der Waals surface area contributed by atoms with Crippen LogP contribution in [0, 0.1) is 132 Å². The average molecular weight is 463 g/mol. The largest absolute Gasteiger partial charge is 0.0654 e. The highest BCUT2D eigenvalue weighted by molar-refractivity contribution is 5.87. The van der Waals surface area contributed by atoms with Crippen LogP contribution in [0.15, 0.2) is 0 Å². The zero-order valence-corrected chi connectivity index (χ0v) is 22.2. The zero-order chi connectivity index (χ0) is 22.2. The van der Waals surface area contributed by atoms with Crippen LogP contribution in [0.25, 0.3) is 0 Å². The lowest BCUT2D eigenvalue weighted by Gasteiger charge is -3.43. The molecule has 0 heteroatoms. The average Bonchev–Trinajstić information content (AvgIpc) is 2.76. The monoisotopic (exact) mass is 462 g/mol. The molecule has 0 saturated heterocycles. The SMILES string of the molecule is CCCC1CC2C3C(C)(C(C)CC1CC)C14C[C@@H]5[C@@H]6[C@@H]7CC8C9C[C@@H]%10[C@@H]%11[C@@H]%12[C@H]2C31C%121C%112C9%10C87C62C541. The molecule has 15 aliphatic rings. The van der Waals surface area contributed by atoms with Crippen LogP contribution >= 0.6 is 0 Å². The van der Waals surface area contributed by atoms with Crippen molar-refractivity contribution in [3.8, 4) is 0 Å². The lowest BCUT2D eigenvalue weighted by Crippen LogP contribution is -3.41. The summed E-state index contributed by atoms with van der Waals surface area (Å²) in [5.74, 6) is 17.2. The number of fused-ring (bicyclic) bond motifs is 7. The van der Waals surface area contributed by atoms with Crippen LogP contribution in [-0.2, 0) is 0 Å². The van der Waals surface area contributed by atoms with Crippen molar-refractivity contribution >= 4 is 0 Å². The summed E-state index contributed by atoms with van der Waals surface area (Å²) in [5.41, 5.74) is 8.82. The van der Waals surface area contributed by atoms with Gasteiger partial charge < -0.3 is 0 Å². The van der Waals surface area contributed by atoms with Gasteiger partial charge in [0.05, 0.1) is 0 Å². The lowest BCUT2D eigenvalue weighted by molar-refractivity contribution is -0.975. The summed E-state index contributed by atoms with van der Waals surface area (Å²) in [6, 6.07) is 0. The first kappa shape index (κ1) is 16.9. The van der Waals surface area contributed by atoms with Gasteiger partial charge in [0.2, 0.25) is 0 Å². The Balaban J connectivity index is 1.01. The van der Waals surface area contributed by atoms with Crippen molar-refractivity contribution in [3.63, 3.8) is 0 Å². The van der Waals surface area contributed by atoms with Crippen LogP contribution in [0.3, 0.4) is 0 Å². The molecule has 16 unspecified atom stereocenters. The molecule has 0 aliphatic heterocycles. The van der Waals surface area contributed by atoms with E-state index in [1.807, 2.05) is 0 Å². The van der Waals surface area contributed by atoms with Gasteiger partial charge in [-0.15, -0.1) is 0 Å². The first-order chi connectivity index (χ1) is 17.0. The number of hydrogen-bond acceptors (Lipinski definition) is 0. The summed E-state index contributed by atoms with van der Waals surface area (Å²) in [5, 5.41) is 0. The van der Waals surface area contributed by atoms with Crippen molar-refractivity contribution < 1.29 is 0 Å². The molecule has 8 spiro atoms. The highest BCUT2D eigenvalue weighted by Crippen LogP contribution is 3.44. The molecule has 0 radical (unpaired) electrons. The molecule has 15 fully saturated rings. The minimum atomic E-state index is 0.757. The Morgan fingerprint density at radius 2 is 1.37 bits per heavy atom. The smallest absolute Gasteiger partial charge is 0.00535 e. The van der Waals surface area contributed by atoms with Crippen LogP contribution in [0.5, 0.6) is 0 Å². The van der Waals surface area contributed by atoms with E-state index in [0.717, 1.165) is 66.5 Å². The normalized spacial score (nSPS) is 97.4. The summed E-state index contributed by atoms with van der Waals surface area (Å²) < 4.78 is 0. The van der Waals surface area contributed by atoms with E-state index in [2.05, 4.69) is 27.7 Å². The molecule has 0 aromatic carbocycles. The van der Waals surface area contributed by atoms with Crippen LogP contribution in [0.4, 0.5) is 0 Å². The second-order valence-corrected chi connectivity index (χ2v) is 19.1. The van der Waals surface area contributed by atoms with Gasteiger partial charge in [-0.05, 0) is 164 Å². The Labute approximate surface area is 210 Å². The van der Waals surface area contributed by atoms with Gasteiger partial charge in [0, 0.05) is 0 Å². The van der Waals surface area contributed by atoms with Crippen molar-refractivity contribution in [2.75, 3.05) is 0 Å². The first-order valence-corrected chi connectivity index (χ1v) is 17.0. The minimum absolute atomic E-state index is 0.757. The van der Waals surface area contributed by atoms with Gasteiger partial charge >= 0.3 is 0 Å². The summed E-state index contributed by atoms with van der Waals surface area (Å²) in [6.07, 6.45) is 13.0. The maximum absolute atomic E-state index is 3.00. The second kappa shape index (κ2) is 3.42. The Kier molecular flexibility index (Phi) is 1.65. The minimum Gasteiger partial charge on any atom is -0.0654 e. The molecule has 0 amide bonds. The molecular formula is C35H42. The highest BCUT2D eigenvalue weighted by atomic mass is 15.4. The quantitative estimate of drug-likeness (QED) is 0.428. The molecule has 35 heavy (non-hydrogen) atoms. The van der Waals surface area contributed by atoms with E-state index in [4.69, 9.17) is 0 Å². The molecule has 182 valence electrons. The standard InChI is InChI=1S/C35H42/c1-5-7-15-9-16-22-25-24-20-11-18-17-10-19-23-21-12-28-27(4,13(3)8-14(15)6-2)26(16)31(22,28)35(25)32(21,28)33(23)29(17,19)30(18,20)34(24,33)35/h13-26H,5-12H2,1-4H3/t13?,14?,15?,16?,17?,18?,19-,20+,21+,22-,23-,24+,25-,26?,27?,28?,29?,30?,31?,32?,33?,34?,35?/m0/s1. The number of hydrogen-bond donors (Lipinski definition) is 0. The van der Waals surface area contributed by atoms with E-state index >= 15 is 0 Å². The number of rotatable bonds is 3. The van der Waals surface area contributed by atoms with E-state index in [1.54, 1.807) is 38.5 Å². The molecule has 0 N–H and O–H groups in total. The van der Waals surface area contributed by atoms with E-state index in [-0.39, 0.29) is 0 Å². The van der Waals surface area contributed by atoms with Crippen LogP contribution in [0.1, 0.15) is 79.1 Å². The van der Waals surface area contributed by atoms with Crippen molar-refractivity contribution in [1.29, 1.82) is 0 Å². The van der Waals surface area contributed by atoms with Gasteiger partial charge in [0.15, 0.2) is 0 Å². The van der Waals surface area contributed by atoms with Gasteiger partial charge in [-0.2, -0.15) is 0 Å². The predicted octanol–water partition coefficient (Wildman–Crippen LogP) is 6.90. The van der Waals surface area contributed by atoms with Crippen LogP contribution < -0.4 is 0 Å². The molecular weight excluding hydrogens is 420 g/mol. The summed E-state index contributed by atoms with van der Waals surface area (Å²) >= 11 is 0. The molecule has 0 nitrogen and oxygen atoms in total. The molecule has 15 saturated carbocycles. The summed E-state index contributed by atoms with van der Waals surface area (Å²) in [4.78, 5) is 0. The van der Waals surface area contributed by atoms with Gasteiger partial charge in [-0.1, -0.05) is 47.0 Å². The molecule has 0 aromatic rings.